The molecule has 0 radical (unpaired) electrons. The first kappa shape index (κ1) is 23.2. The minimum Gasteiger partial charge on any atom is -0.388 e. The zero-order chi connectivity index (χ0) is 24.5. The molecule has 2 unspecified atom stereocenters. The third-order valence-corrected chi connectivity index (χ3v) is 6.40. The van der Waals surface area contributed by atoms with E-state index >= 15 is 0 Å². The second-order valence-corrected chi connectivity index (χ2v) is 8.99. The van der Waals surface area contributed by atoms with Crippen LogP contribution in [0.4, 0.5) is 8.78 Å². The van der Waals surface area contributed by atoms with E-state index in [1.165, 1.54) is 30.1 Å². The Morgan fingerprint density at radius 1 is 1.26 bits per heavy atom. The van der Waals surface area contributed by atoms with E-state index in [4.69, 9.17) is 9.72 Å². The van der Waals surface area contributed by atoms with Crippen LogP contribution >= 0.6 is 0 Å². The van der Waals surface area contributed by atoms with Crippen LogP contribution in [0.15, 0.2) is 41.0 Å². The van der Waals surface area contributed by atoms with Gasteiger partial charge in [0.15, 0.2) is 6.21 Å². The van der Waals surface area contributed by atoms with E-state index in [1.807, 2.05) is 19.5 Å². The van der Waals surface area contributed by atoms with E-state index < -0.39 is 17.2 Å². The van der Waals surface area contributed by atoms with Crippen LogP contribution in [0.5, 0.6) is 0 Å². The van der Waals surface area contributed by atoms with Crippen molar-refractivity contribution in [1.29, 1.82) is 0 Å². The largest absolute Gasteiger partial charge is 0.388 e. The number of ether oxygens (including phenoxy) is 1. The van der Waals surface area contributed by atoms with Crippen LogP contribution in [0.25, 0.3) is 22.2 Å². The molecule has 0 spiro atoms. The third kappa shape index (κ3) is 4.84. The van der Waals surface area contributed by atoms with Crippen molar-refractivity contribution < 1.29 is 18.5 Å². The Morgan fingerprint density at radius 3 is 2.83 bits per heavy atom. The lowest BCUT2D eigenvalue weighted by Gasteiger charge is -2.29. The number of aromatic nitrogens is 4. The van der Waals surface area contributed by atoms with Crippen molar-refractivity contribution >= 4 is 17.1 Å². The summed E-state index contributed by atoms with van der Waals surface area (Å²) in [6.07, 6.45) is 8.72. The maximum atomic E-state index is 14.8. The van der Waals surface area contributed by atoms with Gasteiger partial charge in [-0.25, -0.2) is 23.4 Å². The molecule has 1 aliphatic carbocycles. The van der Waals surface area contributed by atoms with Crippen molar-refractivity contribution in [3.63, 3.8) is 0 Å². The number of rotatable bonds is 6. The number of halogens is 2. The van der Waals surface area contributed by atoms with Crippen LogP contribution < -0.4 is 15.9 Å². The first-order chi connectivity index (χ1) is 16.9. The van der Waals surface area contributed by atoms with E-state index in [9.17, 15) is 13.6 Å². The number of benzene rings is 1. The van der Waals surface area contributed by atoms with Crippen LogP contribution in [-0.4, -0.2) is 51.8 Å². The third-order valence-electron chi connectivity index (χ3n) is 6.40. The van der Waals surface area contributed by atoms with Crippen LogP contribution in [0.3, 0.4) is 0 Å². The number of nitrogens with zero attached hydrogens (tertiary/aromatic N) is 4. The van der Waals surface area contributed by atoms with Crippen molar-refractivity contribution in [2.24, 2.45) is 7.05 Å². The molecule has 1 aromatic carbocycles. The van der Waals surface area contributed by atoms with Gasteiger partial charge in [-0.05, 0) is 37.8 Å². The van der Waals surface area contributed by atoms with Crippen molar-refractivity contribution in [2.45, 2.75) is 43.7 Å². The van der Waals surface area contributed by atoms with Crippen LogP contribution in [-0.2, 0) is 11.8 Å². The first-order valence-corrected chi connectivity index (χ1v) is 11.7. The number of aryl methyl sites for hydroxylation is 1. The van der Waals surface area contributed by atoms with Gasteiger partial charge in [-0.1, -0.05) is 0 Å². The van der Waals surface area contributed by atoms with Crippen LogP contribution in [0.1, 0.15) is 37.4 Å². The molecule has 2 N–H and O–H groups in total. The molecular formula is C25H27F2N6O2+. The molecule has 10 heteroatoms. The van der Waals surface area contributed by atoms with Gasteiger partial charge in [-0.3, -0.25) is 9.79 Å². The molecule has 2 aliphatic rings. The van der Waals surface area contributed by atoms with E-state index in [0.717, 1.165) is 24.5 Å². The van der Waals surface area contributed by atoms with E-state index in [0.29, 0.717) is 36.7 Å². The Balaban J connectivity index is 1.57. The Labute approximate surface area is 200 Å². The topological polar surface area (TPSA) is 95.9 Å². The molecule has 8 nitrogen and oxygen atoms in total. The monoisotopic (exact) mass is 481 g/mol. The molecule has 182 valence electrons. The Bertz CT molecular complexity index is 1380. The summed E-state index contributed by atoms with van der Waals surface area (Å²) in [5.74, 6) is -1.13. The van der Waals surface area contributed by atoms with Gasteiger partial charge in [0.05, 0.1) is 29.0 Å². The molecule has 1 saturated carbocycles. The van der Waals surface area contributed by atoms with Crippen molar-refractivity contribution in [1.82, 2.24) is 25.1 Å². The summed E-state index contributed by atoms with van der Waals surface area (Å²) < 4.78 is 35.6. The Kier molecular flexibility index (Phi) is 6.38. The molecule has 3 heterocycles. The number of nitrogens with one attached hydrogen (secondary N) is 2. The summed E-state index contributed by atoms with van der Waals surface area (Å²) in [5, 5.41) is 7.79. The average molecular weight is 482 g/mol. The van der Waals surface area contributed by atoms with E-state index in [1.54, 1.807) is 0 Å². The Morgan fingerprint density at radius 2 is 2.09 bits per heavy atom. The summed E-state index contributed by atoms with van der Waals surface area (Å²) in [5.41, 5.74) is 1.05. The minimum atomic E-state index is -0.763. The van der Waals surface area contributed by atoms with Gasteiger partial charge < -0.3 is 10.1 Å². The standard InChI is InChI=1S/C25H26F2N6O2/c1-28-11-15(12-29-17-4-5-17)21-9-14(7-8-35-21)24-31-22(18-6-3-16(26)10-20(18)27)19-13-30-33(2)25(34)23(19)32-24/h3,6,10-14,17,21,29H,4-5,7-9H2,1-2H3/p+1/b15-12+,28-11?. The molecule has 0 amide bonds. The predicted octanol–water partition coefficient (Wildman–Crippen LogP) is 1.35. The van der Waals surface area contributed by atoms with Gasteiger partial charge in [0.1, 0.15) is 30.0 Å². The maximum Gasteiger partial charge on any atom is 0.293 e. The SMILES string of the molecule is C[NH+]=C/C(=C\NC1CC1)C1CC(c2nc(-c3ccc(F)cc3F)c3cnn(C)c(=O)c3n2)CCO1. The summed E-state index contributed by atoms with van der Waals surface area (Å²) in [7, 11) is 3.37. The van der Waals surface area contributed by atoms with Crippen LogP contribution in [0.2, 0.25) is 0 Å². The molecule has 3 aromatic rings. The summed E-state index contributed by atoms with van der Waals surface area (Å²) in [6.45, 7) is 0.490. The molecule has 5 rings (SSSR count). The normalized spacial score (nSPS) is 21.1. The second-order valence-electron chi connectivity index (χ2n) is 8.99. The summed E-state index contributed by atoms with van der Waals surface area (Å²) in [4.78, 5) is 25.3. The molecule has 2 atom stereocenters. The molecule has 2 fully saturated rings. The summed E-state index contributed by atoms with van der Waals surface area (Å²) >= 11 is 0. The van der Waals surface area contributed by atoms with Crippen LogP contribution in [0, 0.1) is 11.6 Å². The molecular weight excluding hydrogens is 454 g/mol. The number of hydrogen-bond acceptors (Lipinski definition) is 6. The quantitative estimate of drug-likeness (QED) is 0.516. The fraction of sp³-hybridized carbons (Fsp3) is 0.400. The van der Waals surface area contributed by atoms with Gasteiger partial charge in [0.2, 0.25) is 0 Å². The zero-order valence-corrected chi connectivity index (χ0v) is 19.6. The van der Waals surface area contributed by atoms with Gasteiger partial charge in [0, 0.05) is 43.4 Å². The highest BCUT2D eigenvalue weighted by molar-refractivity contribution is 5.91. The predicted molar refractivity (Wildman–Crippen MR) is 127 cm³/mol. The molecule has 1 aliphatic heterocycles. The molecule has 2 aromatic heterocycles. The zero-order valence-electron chi connectivity index (χ0n) is 19.6. The fourth-order valence-electron chi connectivity index (χ4n) is 4.31. The fourth-order valence-corrected chi connectivity index (χ4v) is 4.31. The first-order valence-electron chi connectivity index (χ1n) is 11.7. The lowest BCUT2D eigenvalue weighted by atomic mass is 9.91. The smallest absolute Gasteiger partial charge is 0.293 e. The lowest BCUT2D eigenvalue weighted by molar-refractivity contribution is -0.413. The van der Waals surface area contributed by atoms with Crippen molar-refractivity contribution in [2.75, 3.05) is 13.7 Å². The number of fused-ring (bicyclic) bond motifs is 1. The van der Waals surface area contributed by atoms with Gasteiger partial charge in [-0.15, -0.1) is 0 Å². The second kappa shape index (κ2) is 9.61. The van der Waals surface area contributed by atoms with Crippen molar-refractivity contribution in [3.05, 3.63) is 64.0 Å². The maximum absolute atomic E-state index is 14.8. The van der Waals surface area contributed by atoms with E-state index in [-0.39, 0.29) is 28.8 Å². The Hall–Kier alpha value is -3.53. The average Bonchev–Trinajstić information content (AvgIpc) is 3.68. The van der Waals surface area contributed by atoms with E-state index in [2.05, 4.69) is 20.4 Å². The highest BCUT2D eigenvalue weighted by atomic mass is 19.1. The highest BCUT2D eigenvalue weighted by Crippen LogP contribution is 2.34. The minimum absolute atomic E-state index is 0.0939. The van der Waals surface area contributed by atoms with Gasteiger partial charge >= 0.3 is 0 Å². The van der Waals surface area contributed by atoms with Gasteiger partial charge in [-0.2, -0.15) is 5.10 Å². The summed E-state index contributed by atoms with van der Waals surface area (Å²) in [6, 6.07) is 3.81. The molecule has 1 saturated heterocycles. The number of hydrogen-bond donors (Lipinski definition) is 2. The highest BCUT2D eigenvalue weighted by Gasteiger charge is 2.31. The molecule has 35 heavy (non-hydrogen) atoms. The lowest BCUT2D eigenvalue weighted by Crippen LogP contribution is -2.64. The van der Waals surface area contributed by atoms with Crippen molar-refractivity contribution in [3.8, 4) is 11.3 Å². The molecule has 0 bridgehead atoms. The van der Waals surface area contributed by atoms with Gasteiger partial charge in [0.25, 0.3) is 5.56 Å².